The van der Waals surface area contributed by atoms with Gasteiger partial charge in [-0.05, 0) is 30.5 Å². The highest BCUT2D eigenvalue weighted by Crippen LogP contribution is 2.26. The first-order chi connectivity index (χ1) is 11.1. The van der Waals surface area contributed by atoms with Gasteiger partial charge in [-0.25, -0.2) is 0 Å². The highest BCUT2D eigenvalue weighted by molar-refractivity contribution is 7.10. The number of nitrogens with zero attached hydrogens (tertiary/aromatic N) is 1. The summed E-state index contributed by atoms with van der Waals surface area (Å²) in [6.45, 7) is 3.43. The Bertz CT molecular complexity index is 682. The molecule has 1 aliphatic rings. The van der Waals surface area contributed by atoms with Gasteiger partial charge in [0, 0.05) is 23.7 Å². The van der Waals surface area contributed by atoms with Crippen LogP contribution in [0.2, 0.25) is 0 Å². The van der Waals surface area contributed by atoms with Gasteiger partial charge in [-0.1, -0.05) is 23.8 Å². The van der Waals surface area contributed by atoms with Crippen LogP contribution in [0.3, 0.4) is 0 Å². The number of carbonyl (C=O) groups excluding carboxylic acids is 2. The number of thiophene rings is 1. The van der Waals surface area contributed by atoms with Crippen molar-refractivity contribution in [2.75, 3.05) is 25.0 Å². The summed E-state index contributed by atoms with van der Waals surface area (Å²) in [4.78, 5) is 27.4. The molecule has 3 rings (SSSR count). The van der Waals surface area contributed by atoms with E-state index >= 15 is 0 Å². The maximum atomic E-state index is 12.3. The summed E-state index contributed by atoms with van der Waals surface area (Å²) < 4.78 is 0. The molecule has 120 valence electrons. The summed E-state index contributed by atoms with van der Waals surface area (Å²) in [5.41, 5.74) is 1.92. The Hall–Kier alpha value is -2.18. The highest BCUT2D eigenvalue weighted by Gasteiger charge is 2.32. The molecule has 0 radical (unpaired) electrons. The number of benzene rings is 1. The molecule has 1 saturated heterocycles. The van der Waals surface area contributed by atoms with E-state index in [-0.39, 0.29) is 24.4 Å². The number of rotatable bonds is 4. The molecule has 23 heavy (non-hydrogen) atoms. The second-order valence-electron chi connectivity index (χ2n) is 5.59. The van der Waals surface area contributed by atoms with E-state index in [9.17, 15) is 9.59 Å². The van der Waals surface area contributed by atoms with E-state index < -0.39 is 0 Å². The molecule has 2 heterocycles. The molecular weight excluding hydrogens is 310 g/mol. The molecule has 0 aliphatic carbocycles. The summed E-state index contributed by atoms with van der Waals surface area (Å²) >= 11 is 1.54. The third-order valence-electron chi connectivity index (χ3n) is 3.81. The van der Waals surface area contributed by atoms with E-state index in [0.29, 0.717) is 13.1 Å². The standard InChI is InChI=1S/C17H19N3O2S/c1-12-4-6-13(7-5-12)19-15(21)11-20-9-8-18-17(22)16(20)14-3-2-10-23-14/h2-7,10,16H,8-9,11H2,1H3,(H,18,22)(H,19,21)/t16-/m1/s1. The monoisotopic (exact) mass is 329 g/mol. The number of anilines is 1. The van der Waals surface area contributed by atoms with Crippen LogP contribution >= 0.6 is 11.3 Å². The van der Waals surface area contributed by atoms with E-state index in [1.165, 1.54) is 11.3 Å². The van der Waals surface area contributed by atoms with Gasteiger partial charge < -0.3 is 10.6 Å². The molecule has 2 amide bonds. The average molecular weight is 329 g/mol. The van der Waals surface area contributed by atoms with Crippen molar-refractivity contribution in [3.8, 4) is 0 Å². The Morgan fingerprint density at radius 1 is 1.35 bits per heavy atom. The average Bonchev–Trinajstić information content (AvgIpc) is 3.03. The van der Waals surface area contributed by atoms with E-state index in [1.54, 1.807) is 0 Å². The molecule has 2 aromatic rings. The molecule has 2 N–H and O–H groups in total. The lowest BCUT2D eigenvalue weighted by Crippen LogP contribution is -2.51. The Balaban J connectivity index is 1.68. The summed E-state index contributed by atoms with van der Waals surface area (Å²) in [7, 11) is 0. The van der Waals surface area contributed by atoms with Crippen molar-refractivity contribution in [3.63, 3.8) is 0 Å². The molecule has 0 unspecified atom stereocenters. The van der Waals surface area contributed by atoms with Crippen LogP contribution in [0.25, 0.3) is 0 Å². The minimum Gasteiger partial charge on any atom is -0.353 e. The van der Waals surface area contributed by atoms with Crippen LogP contribution in [0, 0.1) is 6.92 Å². The minimum atomic E-state index is -0.382. The molecule has 1 atom stereocenters. The number of aryl methyl sites for hydroxylation is 1. The summed E-state index contributed by atoms with van der Waals surface area (Å²) in [6.07, 6.45) is 0. The predicted octanol–water partition coefficient (Wildman–Crippen LogP) is 2.17. The molecule has 0 saturated carbocycles. The normalized spacial score (nSPS) is 18.5. The quantitative estimate of drug-likeness (QED) is 0.904. The van der Waals surface area contributed by atoms with Crippen LogP contribution in [-0.2, 0) is 9.59 Å². The van der Waals surface area contributed by atoms with E-state index in [0.717, 1.165) is 16.1 Å². The third kappa shape index (κ3) is 3.78. The van der Waals surface area contributed by atoms with Crippen molar-refractivity contribution >= 4 is 28.8 Å². The number of nitrogens with one attached hydrogen (secondary N) is 2. The van der Waals surface area contributed by atoms with Crippen molar-refractivity contribution in [1.29, 1.82) is 0 Å². The number of carbonyl (C=O) groups is 2. The lowest BCUT2D eigenvalue weighted by molar-refractivity contribution is -0.130. The Morgan fingerprint density at radius 2 is 2.13 bits per heavy atom. The molecule has 1 aromatic heterocycles. The highest BCUT2D eigenvalue weighted by atomic mass is 32.1. The topological polar surface area (TPSA) is 61.4 Å². The first kappa shape index (κ1) is 15.7. The summed E-state index contributed by atoms with van der Waals surface area (Å²) in [5.74, 6) is -0.146. The van der Waals surface area contributed by atoms with Gasteiger partial charge >= 0.3 is 0 Å². The fraction of sp³-hybridized carbons (Fsp3) is 0.294. The molecule has 6 heteroatoms. The lowest BCUT2D eigenvalue weighted by atomic mass is 10.1. The molecule has 0 spiro atoms. The predicted molar refractivity (Wildman–Crippen MR) is 91.5 cm³/mol. The van der Waals surface area contributed by atoms with Crippen molar-refractivity contribution in [2.24, 2.45) is 0 Å². The Labute approximate surface area is 139 Å². The van der Waals surface area contributed by atoms with E-state index in [4.69, 9.17) is 0 Å². The summed E-state index contributed by atoms with van der Waals surface area (Å²) in [6, 6.07) is 11.2. The van der Waals surface area contributed by atoms with Gasteiger partial charge in [-0.15, -0.1) is 11.3 Å². The largest absolute Gasteiger partial charge is 0.353 e. The number of hydrogen-bond acceptors (Lipinski definition) is 4. The SMILES string of the molecule is Cc1ccc(NC(=O)CN2CCNC(=O)[C@H]2c2cccs2)cc1. The van der Waals surface area contributed by atoms with Crippen molar-refractivity contribution in [3.05, 3.63) is 52.2 Å². The van der Waals surface area contributed by atoms with Gasteiger partial charge in [0.2, 0.25) is 11.8 Å². The second kappa shape index (κ2) is 6.93. The molecule has 1 fully saturated rings. The molecular formula is C17H19N3O2S. The molecule has 1 aromatic carbocycles. The van der Waals surface area contributed by atoms with Crippen LogP contribution in [-0.4, -0.2) is 36.3 Å². The fourth-order valence-electron chi connectivity index (χ4n) is 2.66. The molecule has 5 nitrogen and oxygen atoms in total. The Morgan fingerprint density at radius 3 is 2.83 bits per heavy atom. The lowest BCUT2D eigenvalue weighted by Gasteiger charge is -2.33. The van der Waals surface area contributed by atoms with Gasteiger partial charge in [0.1, 0.15) is 6.04 Å². The van der Waals surface area contributed by atoms with Gasteiger partial charge in [0.05, 0.1) is 6.54 Å². The van der Waals surface area contributed by atoms with Crippen LogP contribution in [0.1, 0.15) is 16.5 Å². The third-order valence-corrected chi connectivity index (χ3v) is 4.73. The first-order valence-electron chi connectivity index (χ1n) is 7.55. The van der Waals surface area contributed by atoms with E-state index in [1.807, 2.05) is 53.6 Å². The van der Waals surface area contributed by atoms with Gasteiger partial charge in [0.15, 0.2) is 0 Å². The zero-order valence-corrected chi connectivity index (χ0v) is 13.7. The smallest absolute Gasteiger partial charge is 0.242 e. The first-order valence-corrected chi connectivity index (χ1v) is 8.43. The molecule has 1 aliphatic heterocycles. The van der Waals surface area contributed by atoms with Gasteiger partial charge in [-0.3, -0.25) is 14.5 Å². The second-order valence-corrected chi connectivity index (χ2v) is 6.57. The zero-order valence-electron chi connectivity index (χ0n) is 12.9. The van der Waals surface area contributed by atoms with E-state index in [2.05, 4.69) is 10.6 Å². The number of piperazine rings is 1. The number of amides is 2. The van der Waals surface area contributed by atoms with Crippen LogP contribution in [0.15, 0.2) is 41.8 Å². The Kier molecular flexibility index (Phi) is 4.73. The van der Waals surface area contributed by atoms with Crippen LogP contribution in [0.5, 0.6) is 0 Å². The maximum absolute atomic E-state index is 12.3. The van der Waals surface area contributed by atoms with Crippen molar-refractivity contribution in [1.82, 2.24) is 10.2 Å². The van der Waals surface area contributed by atoms with Crippen molar-refractivity contribution in [2.45, 2.75) is 13.0 Å². The summed E-state index contributed by atoms with van der Waals surface area (Å²) in [5, 5.41) is 7.71. The number of hydrogen-bond donors (Lipinski definition) is 2. The fourth-order valence-corrected chi connectivity index (χ4v) is 3.52. The minimum absolute atomic E-state index is 0.0400. The van der Waals surface area contributed by atoms with Gasteiger partial charge in [-0.2, -0.15) is 0 Å². The maximum Gasteiger partial charge on any atom is 0.242 e. The molecule has 0 bridgehead atoms. The van der Waals surface area contributed by atoms with Crippen LogP contribution in [0.4, 0.5) is 5.69 Å². The van der Waals surface area contributed by atoms with Gasteiger partial charge in [0.25, 0.3) is 0 Å². The zero-order chi connectivity index (χ0) is 16.2. The van der Waals surface area contributed by atoms with Crippen molar-refractivity contribution < 1.29 is 9.59 Å². The van der Waals surface area contributed by atoms with Crippen LogP contribution < -0.4 is 10.6 Å².